The topological polar surface area (TPSA) is 64.6 Å². The molecule has 0 bridgehead atoms. The van der Waals surface area contributed by atoms with Crippen molar-refractivity contribution in [2.24, 2.45) is 0 Å². The van der Waals surface area contributed by atoms with Crippen molar-refractivity contribution in [3.63, 3.8) is 0 Å². The number of hydrogen-bond donors (Lipinski definition) is 1. The maximum absolute atomic E-state index is 12.4. The zero-order valence-corrected chi connectivity index (χ0v) is 15.1. The molecule has 1 atom stereocenters. The molecule has 2 aromatic rings. The van der Waals surface area contributed by atoms with E-state index in [0.29, 0.717) is 17.0 Å². The summed E-state index contributed by atoms with van der Waals surface area (Å²) in [6.07, 6.45) is 3.50. The Bertz CT molecular complexity index is 798. The smallest absolute Gasteiger partial charge is 0.338 e. The van der Waals surface area contributed by atoms with E-state index in [1.165, 1.54) is 17.5 Å². The summed E-state index contributed by atoms with van der Waals surface area (Å²) in [5.74, 6) is -0.146. The van der Waals surface area contributed by atoms with Crippen LogP contribution in [0.1, 0.15) is 41.3 Å². The minimum Gasteiger partial charge on any atom is -0.497 e. The molecule has 0 spiro atoms. The molecule has 136 valence electrons. The molecule has 26 heavy (non-hydrogen) atoms. The Labute approximate surface area is 153 Å². The van der Waals surface area contributed by atoms with Gasteiger partial charge in [-0.1, -0.05) is 6.07 Å². The van der Waals surface area contributed by atoms with E-state index in [1.807, 2.05) is 12.1 Å². The van der Waals surface area contributed by atoms with Gasteiger partial charge in [0, 0.05) is 5.69 Å². The highest BCUT2D eigenvalue weighted by Gasteiger charge is 2.20. The molecule has 1 amide bonds. The molecule has 3 rings (SSSR count). The summed E-state index contributed by atoms with van der Waals surface area (Å²) in [7, 11) is 1.58. The maximum Gasteiger partial charge on any atom is 0.338 e. The third-order valence-electron chi connectivity index (χ3n) is 4.59. The first-order valence-electron chi connectivity index (χ1n) is 8.84. The Hall–Kier alpha value is -2.82. The third kappa shape index (κ3) is 4.23. The Morgan fingerprint density at radius 3 is 2.38 bits per heavy atom. The van der Waals surface area contributed by atoms with E-state index in [-0.39, 0.29) is 5.91 Å². The Balaban J connectivity index is 1.60. The molecular formula is C21H23NO4. The fourth-order valence-electron chi connectivity index (χ4n) is 3.06. The highest BCUT2D eigenvalue weighted by atomic mass is 16.5. The minimum absolute atomic E-state index is 0.374. The number of methoxy groups -OCH3 is 1. The van der Waals surface area contributed by atoms with Crippen LogP contribution in [-0.2, 0) is 22.4 Å². The SMILES string of the molecule is COc1ccc(NC(=O)[C@@H](C)OC(=O)c2ccc3c(c2)CCCC3)cc1. The van der Waals surface area contributed by atoms with Crippen molar-refractivity contribution in [1.29, 1.82) is 0 Å². The van der Waals surface area contributed by atoms with Crippen LogP contribution in [0.5, 0.6) is 5.75 Å². The van der Waals surface area contributed by atoms with Crippen molar-refractivity contribution >= 4 is 17.6 Å². The van der Waals surface area contributed by atoms with Crippen molar-refractivity contribution in [1.82, 2.24) is 0 Å². The van der Waals surface area contributed by atoms with Crippen molar-refractivity contribution in [3.05, 3.63) is 59.2 Å². The Morgan fingerprint density at radius 1 is 1.00 bits per heavy atom. The van der Waals surface area contributed by atoms with Crippen LogP contribution >= 0.6 is 0 Å². The lowest BCUT2D eigenvalue weighted by Crippen LogP contribution is -2.30. The van der Waals surface area contributed by atoms with E-state index < -0.39 is 12.1 Å². The van der Waals surface area contributed by atoms with Crippen molar-refractivity contribution in [2.45, 2.75) is 38.7 Å². The zero-order valence-electron chi connectivity index (χ0n) is 15.1. The molecule has 0 radical (unpaired) electrons. The molecular weight excluding hydrogens is 330 g/mol. The van der Waals surface area contributed by atoms with Crippen LogP contribution < -0.4 is 10.1 Å². The molecule has 0 heterocycles. The van der Waals surface area contributed by atoms with Crippen molar-refractivity contribution in [2.75, 3.05) is 12.4 Å². The van der Waals surface area contributed by atoms with Crippen LogP contribution in [-0.4, -0.2) is 25.1 Å². The molecule has 0 aliphatic heterocycles. The molecule has 0 saturated heterocycles. The van der Waals surface area contributed by atoms with Gasteiger partial charge in [0.25, 0.3) is 5.91 Å². The summed E-state index contributed by atoms with van der Waals surface area (Å²) in [6, 6.07) is 12.6. The van der Waals surface area contributed by atoms with Crippen molar-refractivity contribution in [3.8, 4) is 5.75 Å². The summed E-state index contributed by atoms with van der Waals surface area (Å²) in [4.78, 5) is 24.6. The van der Waals surface area contributed by atoms with E-state index in [1.54, 1.807) is 44.4 Å². The number of carbonyl (C=O) groups is 2. The van der Waals surface area contributed by atoms with Crippen LogP contribution in [0.25, 0.3) is 0 Å². The number of anilines is 1. The van der Waals surface area contributed by atoms with Gasteiger partial charge in [-0.3, -0.25) is 4.79 Å². The summed E-state index contributed by atoms with van der Waals surface area (Å²) in [5, 5.41) is 2.73. The molecule has 1 aliphatic carbocycles. The average molecular weight is 353 g/mol. The number of carbonyl (C=O) groups excluding carboxylic acids is 2. The first kappa shape index (κ1) is 18.0. The number of amides is 1. The Morgan fingerprint density at radius 2 is 1.69 bits per heavy atom. The quantitative estimate of drug-likeness (QED) is 0.832. The number of benzene rings is 2. The van der Waals surface area contributed by atoms with Crippen LogP contribution in [0, 0.1) is 0 Å². The largest absolute Gasteiger partial charge is 0.497 e. The average Bonchev–Trinajstić information content (AvgIpc) is 2.68. The number of aryl methyl sites for hydroxylation is 2. The van der Waals surface area contributed by atoms with E-state index in [9.17, 15) is 9.59 Å². The van der Waals surface area contributed by atoms with Gasteiger partial charge in [-0.05, 0) is 80.1 Å². The predicted molar refractivity (Wildman–Crippen MR) is 99.6 cm³/mol. The van der Waals surface area contributed by atoms with Crippen LogP contribution in [0.2, 0.25) is 0 Å². The Kier molecular flexibility index (Phi) is 5.56. The van der Waals surface area contributed by atoms with Gasteiger partial charge in [-0.25, -0.2) is 4.79 Å². The first-order valence-corrected chi connectivity index (χ1v) is 8.84. The minimum atomic E-state index is -0.888. The van der Waals surface area contributed by atoms with Gasteiger partial charge >= 0.3 is 5.97 Å². The van der Waals surface area contributed by atoms with Crippen LogP contribution in [0.15, 0.2) is 42.5 Å². The van der Waals surface area contributed by atoms with Gasteiger partial charge < -0.3 is 14.8 Å². The molecule has 2 aromatic carbocycles. The number of nitrogens with one attached hydrogen (secondary N) is 1. The number of hydrogen-bond acceptors (Lipinski definition) is 4. The fourth-order valence-corrected chi connectivity index (χ4v) is 3.06. The summed E-state index contributed by atoms with van der Waals surface area (Å²) in [6.45, 7) is 1.56. The molecule has 5 heteroatoms. The summed E-state index contributed by atoms with van der Waals surface area (Å²) < 4.78 is 10.4. The number of esters is 1. The van der Waals surface area contributed by atoms with Gasteiger partial charge in [0.05, 0.1) is 12.7 Å². The lowest BCUT2D eigenvalue weighted by molar-refractivity contribution is -0.123. The van der Waals surface area contributed by atoms with Gasteiger partial charge in [0.1, 0.15) is 5.75 Å². The van der Waals surface area contributed by atoms with Crippen LogP contribution in [0.4, 0.5) is 5.69 Å². The molecule has 0 fully saturated rings. The lowest BCUT2D eigenvalue weighted by Gasteiger charge is -2.17. The molecule has 5 nitrogen and oxygen atoms in total. The molecule has 0 unspecified atom stereocenters. The van der Waals surface area contributed by atoms with Crippen molar-refractivity contribution < 1.29 is 19.1 Å². The first-order chi connectivity index (χ1) is 12.6. The van der Waals surface area contributed by atoms with E-state index in [2.05, 4.69) is 5.32 Å². The van der Waals surface area contributed by atoms with E-state index in [4.69, 9.17) is 9.47 Å². The second-order valence-electron chi connectivity index (χ2n) is 6.46. The molecule has 0 aromatic heterocycles. The van der Waals surface area contributed by atoms with Gasteiger partial charge in [-0.2, -0.15) is 0 Å². The molecule has 1 N–H and O–H groups in total. The van der Waals surface area contributed by atoms with E-state index in [0.717, 1.165) is 19.3 Å². The lowest BCUT2D eigenvalue weighted by atomic mass is 9.90. The normalized spacial score (nSPS) is 14.1. The highest BCUT2D eigenvalue weighted by molar-refractivity contribution is 5.97. The molecule has 0 saturated carbocycles. The van der Waals surface area contributed by atoms with Gasteiger partial charge in [0.2, 0.25) is 0 Å². The monoisotopic (exact) mass is 353 g/mol. The fraction of sp³-hybridized carbons (Fsp3) is 0.333. The second kappa shape index (κ2) is 8.04. The molecule has 1 aliphatic rings. The number of fused-ring (bicyclic) bond motifs is 1. The maximum atomic E-state index is 12.4. The second-order valence-corrected chi connectivity index (χ2v) is 6.46. The standard InChI is InChI=1S/C21H23NO4/c1-14(20(23)22-18-9-11-19(25-2)12-10-18)26-21(24)17-8-7-15-5-3-4-6-16(15)13-17/h7-14H,3-6H2,1-2H3,(H,22,23)/t14-/m1/s1. The van der Waals surface area contributed by atoms with Gasteiger partial charge in [0.15, 0.2) is 6.10 Å². The van der Waals surface area contributed by atoms with Gasteiger partial charge in [-0.15, -0.1) is 0 Å². The number of ether oxygens (including phenoxy) is 2. The zero-order chi connectivity index (χ0) is 18.5. The van der Waals surface area contributed by atoms with Crippen LogP contribution in [0.3, 0.4) is 0 Å². The highest BCUT2D eigenvalue weighted by Crippen LogP contribution is 2.23. The third-order valence-corrected chi connectivity index (χ3v) is 4.59. The number of rotatable bonds is 5. The predicted octanol–water partition coefficient (Wildman–Crippen LogP) is 3.76. The summed E-state index contributed by atoms with van der Waals surface area (Å²) in [5.41, 5.74) is 3.63. The summed E-state index contributed by atoms with van der Waals surface area (Å²) >= 11 is 0. The van der Waals surface area contributed by atoms with E-state index >= 15 is 0 Å².